The third-order valence-corrected chi connectivity index (χ3v) is 8.60. The maximum atomic E-state index is 12.5. The van der Waals surface area contributed by atoms with E-state index in [1.807, 2.05) is 4.90 Å². The topological polar surface area (TPSA) is 96.0 Å². The van der Waals surface area contributed by atoms with Crippen LogP contribution in [0.2, 0.25) is 6.04 Å². The van der Waals surface area contributed by atoms with E-state index in [0.717, 1.165) is 19.3 Å². The number of hydrogen-bond acceptors (Lipinski definition) is 5. The zero-order valence-electron chi connectivity index (χ0n) is 17.8. The fourth-order valence-corrected chi connectivity index (χ4v) is 4.97. The molecule has 0 aromatic rings. The predicted octanol–water partition coefficient (Wildman–Crippen LogP) is 2.74. The Balaban J connectivity index is 4.00. The molecule has 6 nitrogen and oxygen atoms in total. The molecule has 1 amide bonds. The van der Waals surface area contributed by atoms with Gasteiger partial charge in [0.25, 0.3) is 0 Å². The average Bonchev–Trinajstić information content (AvgIpc) is 2.69. The van der Waals surface area contributed by atoms with Gasteiger partial charge in [-0.25, -0.2) is 0 Å². The summed E-state index contributed by atoms with van der Waals surface area (Å²) in [4.78, 5) is 14.3. The number of nitrogens with zero attached hydrogens (tertiary/aromatic N) is 1. The first kappa shape index (κ1) is 26.5. The Bertz CT molecular complexity index is 347. The van der Waals surface area contributed by atoms with Gasteiger partial charge in [-0.1, -0.05) is 58.3 Å². The molecule has 0 aromatic heterocycles. The molecule has 162 valence electrons. The Morgan fingerprint density at radius 3 is 1.96 bits per heavy atom. The molecule has 0 saturated carbocycles. The van der Waals surface area contributed by atoms with E-state index < -0.39 is 8.32 Å². The first-order valence-corrected chi connectivity index (χ1v) is 13.4. The van der Waals surface area contributed by atoms with Crippen molar-refractivity contribution >= 4 is 14.2 Å². The van der Waals surface area contributed by atoms with Crippen molar-refractivity contribution in [2.75, 3.05) is 39.2 Å². The van der Waals surface area contributed by atoms with Gasteiger partial charge >= 0.3 is 0 Å². The zero-order valence-corrected chi connectivity index (χ0v) is 18.8. The van der Waals surface area contributed by atoms with Gasteiger partial charge in [-0.15, -0.1) is 0 Å². The number of nitrogens with two attached hydrogens (primary N) is 1. The van der Waals surface area contributed by atoms with Gasteiger partial charge in [-0.3, -0.25) is 4.79 Å². The standard InChI is InChI=1S/C20H44N2O4Si/c1-3-4-5-6-7-8-9-10-11-13-20(25)22(16-14-21)15-12-17-27(18-23,19-24)26-2/h23-24H,3-19,21H2,1-2H3. The van der Waals surface area contributed by atoms with Crippen LogP contribution in [0.15, 0.2) is 0 Å². The van der Waals surface area contributed by atoms with Gasteiger partial charge in [-0.05, 0) is 18.9 Å². The minimum Gasteiger partial charge on any atom is -0.415 e. The van der Waals surface area contributed by atoms with E-state index in [2.05, 4.69) is 6.92 Å². The van der Waals surface area contributed by atoms with Crippen molar-refractivity contribution in [2.45, 2.75) is 83.6 Å². The molecule has 0 aliphatic carbocycles. The Hall–Kier alpha value is -0.473. The van der Waals surface area contributed by atoms with Crippen molar-refractivity contribution in [2.24, 2.45) is 5.73 Å². The van der Waals surface area contributed by atoms with Crippen LogP contribution >= 0.6 is 0 Å². The summed E-state index contributed by atoms with van der Waals surface area (Å²) in [6.07, 6.45) is 12.3. The Morgan fingerprint density at radius 1 is 0.926 bits per heavy atom. The maximum absolute atomic E-state index is 12.5. The third kappa shape index (κ3) is 12.6. The lowest BCUT2D eigenvalue weighted by Gasteiger charge is -2.27. The predicted molar refractivity (Wildman–Crippen MR) is 114 cm³/mol. The van der Waals surface area contributed by atoms with Gasteiger partial charge in [-0.2, -0.15) is 0 Å². The van der Waals surface area contributed by atoms with Crippen molar-refractivity contribution in [3.8, 4) is 0 Å². The SMILES string of the molecule is CCCCCCCCCCCC(=O)N(CCN)CCC[Si](CO)(CO)OC. The van der Waals surface area contributed by atoms with Gasteiger partial charge in [0, 0.05) is 33.2 Å². The van der Waals surface area contributed by atoms with Crippen LogP contribution in [0, 0.1) is 0 Å². The lowest BCUT2D eigenvalue weighted by Crippen LogP contribution is -2.47. The number of aliphatic hydroxyl groups excluding tert-OH is 2. The second-order valence-corrected chi connectivity index (χ2v) is 11.5. The molecule has 0 heterocycles. The third-order valence-electron chi connectivity index (χ3n) is 5.32. The molecule has 7 heteroatoms. The summed E-state index contributed by atoms with van der Waals surface area (Å²) >= 11 is 0. The van der Waals surface area contributed by atoms with Crippen LogP contribution in [0.1, 0.15) is 77.6 Å². The molecular formula is C20H44N2O4Si. The van der Waals surface area contributed by atoms with Gasteiger partial charge in [0.15, 0.2) is 0 Å². The van der Waals surface area contributed by atoms with Gasteiger partial charge in [0.05, 0.1) is 12.5 Å². The number of unbranched alkanes of at least 4 members (excludes halogenated alkanes) is 8. The number of amides is 1. The van der Waals surface area contributed by atoms with Crippen LogP contribution in [0.5, 0.6) is 0 Å². The first-order valence-electron chi connectivity index (χ1n) is 10.8. The smallest absolute Gasteiger partial charge is 0.242 e. The fourth-order valence-electron chi connectivity index (χ4n) is 3.29. The highest BCUT2D eigenvalue weighted by Crippen LogP contribution is 2.14. The van der Waals surface area contributed by atoms with E-state index in [1.165, 1.54) is 44.9 Å². The van der Waals surface area contributed by atoms with Crippen LogP contribution in [0.25, 0.3) is 0 Å². The van der Waals surface area contributed by atoms with Crippen LogP contribution in [0.3, 0.4) is 0 Å². The van der Waals surface area contributed by atoms with E-state index >= 15 is 0 Å². The van der Waals surface area contributed by atoms with E-state index in [4.69, 9.17) is 10.2 Å². The highest BCUT2D eigenvalue weighted by molar-refractivity contribution is 6.73. The summed E-state index contributed by atoms with van der Waals surface area (Å²) in [5.74, 6) is 0.168. The molecule has 0 aliphatic heterocycles. The molecule has 0 unspecified atom stereocenters. The largest absolute Gasteiger partial charge is 0.415 e. The highest BCUT2D eigenvalue weighted by Gasteiger charge is 2.32. The second-order valence-electron chi connectivity index (χ2n) is 7.55. The minimum atomic E-state index is -2.45. The summed E-state index contributed by atoms with van der Waals surface area (Å²) in [5, 5.41) is 19.0. The van der Waals surface area contributed by atoms with E-state index in [-0.39, 0.29) is 18.4 Å². The fraction of sp³-hybridized carbons (Fsp3) is 0.950. The quantitative estimate of drug-likeness (QED) is 0.227. The van der Waals surface area contributed by atoms with Crippen LogP contribution in [-0.4, -0.2) is 68.5 Å². The van der Waals surface area contributed by atoms with Crippen LogP contribution < -0.4 is 5.73 Å². The van der Waals surface area contributed by atoms with E-state index in [0.29, 0.717) is 32.1 Å². The van der Waals surface area contributed by atoms with Crippen LogP contribution in [0.4, 0.5) is 0 Å². The summed E-state index contributed by atoms with van der Waals surface area (Å²) < 4.78 is 5.38. The molecule has 0 fully saturated rings. The molecule has 0 spiro atoms. The maximum Gasteiger partial charge on any atom is 0.242 e. The summed E-state index contributed by atoms with van der Waals surface area (Å²) in [6, 6.07) is 0.642. The van der Waals surface area contributed by atoms with Gasteiger partial charge in [0.2, 0.25) is 14.2 Å². The molecule has 0 saturated heterocycles. The summed E-state index contributed by atoms with van der Waals surface area (Å²) in [7, 11) is -0.906. The number of aliphatic hydroxyl groups is 2. The monoisotopic (exact) mass is 404 g/mol. The van der Waals surface area contributed by atoms with E-state index in [1.54, 1.807) is 7.11 Å². The first-order chi connectivity index (χ1) is 13.1. The zero-order chi connectivity index (χ0) is 20.4. The van der Waals surface area contributed by atoms with Gasteiger partial charge < -0.3 is 25.3 Å². The molecule has 27 heavy (non-hydrogen) atoms. The van der Waals surface area contributed by atoms with Crippen molar-refractivity contribution < 1.29 is 19.4 Å². The number of rotatable bonds is 19. The normalized spacial score (nSPS) is 11.7. The highest BCUT2D eigenvalue weighted by atomic mass is 28.4. The Kier molecular flexibility index (Phi) is 17.3. The molecule has 0 rings (SSSR count). The molecule has 4 N–H and O–H groups in total. The lowest BCUT2D eigenvalue weighted by molar-refractivity contribution is -0.131. The molecule has 0 aromatic carbocycles. The number of carbonyl (C=O) groups is 1. The molecule has 0 radical (unpaired) electrons. The van der Waals surface area contributed by atoms with E-state index in [9.17, 15) is 15.0 Å². The molecular weight excluding hydrogens is 360 g/mol. The number of hydrogen-bond donors (Lipinski definition) is 3. The molecule has 0 atom stereocenters. The summed E-state index contributed by atoms with van der Waals surface area (Å²) in [5.41, 5.74) is 5.66. The second kappa shape index (κ2) is 17.6. The Labute approximate surface area is 167 Å². The average molecular weight is 405 g/mol. The summed E-state index contributed by atoms with van der Waals surface area (Å²) in [6.45, 7) is 3.87. The van der Waals surface area contributed by atoms with Crippen molar-refractivity contribution in [1.82, 2.24) is 4.90 Å². The minimum absolute atomic E-state index is 0.0940. The van der Waals surface area contributed by atoms with Crippen molar-refractivity contribution in [1.29, 1.82) is 0 Å². The van der Waals surface area contributed by atoms with Crippen LogP contribution in [-0.2, 0) is 9.22 Å². The number of carbonyl (C=O) groups excluding carboxylic acids is 1. The molecule has 0 aliphatic rings. The molecule has 0 bridgehead atoms. The lowest BCUT2D eigenvalue weighted by atomic mass is 10.1. The van der Waals surface area contributed by atoms with Crippen molar-refractivity contribution in [3.63, 3.8) is 0 Å². The Morgan fingerprint density at radius 2 is 1.48 bits per heavy atom. The van der Waals surface area contributed by atoms with Crippen molar-refractivity contribution in [3.05, 3.63) is 0 Å². The van der Waals surface area contributed by atoms with Gasteiger partial charge in [0.1, 0.15) is 0 Å².